The van der Waals surface area contributed by atoms with Gasteiger partial charge in [0.15, 0.2) is 12.2 Å². The molecule has 6 rings (SSSR count). The highest BCUT2D eigenvalue weighted by Gasteiger charge is 2.42. The van der Waals surface area contributed by atoms with Gasteiger partial charge in [-0.2, -0.15) is 0 Å². The number of allylic oxidation sites excluding steroid dienone is 2. The molecule has 2 aliphatic rings. The van der Waals surface area contributed by atoms with Gasteiger partial charge in [0.05, 0.1) is 29.0 Å². The normalized spacial score (nSPS) is 25.5. The second kappa shape index (κ2) is 59.2. The molecule has 0 bridgehead atoms. The number of aliphatic hydroxyl groups is 1. The number of ether oxygens (including phenoxy) is 7. The Morgan fingerprint density at radius 3 is 1.16 bits per heavy atom. The summed E-state index contributed by atoms with van der Waals surface area (Å²) >= 11 is 4.92. The number of likely N-dealkylation sites (N-methyl/N-ethyl adjacent to an activating group) is 4. The average molecular weight is 2020 g/mol. The van der Waals surface area contributed by atoms with Gasteiger partial charge in [0.25, 0.3) is 23.2 Å². The van der Waals surface area contributed by atoms with Crippen LogP contribution in [0.15, 0.2) is 156 Å². The summed E-state index contributed by atoms with van der Waals surface area (Å²) in [5.41, 5.74) is 1.44. The molecule has 4 aromatic rings. The lowest BCUT2D eigenvalue weighted by Crippen LogP contribution is -2.57. The molecule has 18 atom stereocenters. The summed E-state index contributed by atoms with van der Waals surface area (Å²) in [6.45, 7) is 32.4. The van der Waals surface area contributed by atoms with Crippen molar-refractivity contribution >= 4 is 118 Å². The highest BCUT2D eigenvalue weighted by Crippen LogP contribution is 2.30. The molecule has 0 fully saturated rings. The highest BCUT2D eigenvalue weighted by atomic mass is 35.5. The summed E-state index contributed by atoms with van der Waals surface area (Å²) in [6.07, 6.45) is -0.776. The number of carbonyl (C=O) groups excluding carboxylic acids is 16. The third-order valence-electron chi connectivity index (χ3n) is 24.4. The number of esters is 4. The van der Waals surface area contributed by atoms with Gasteiger partial charge in [0.1, 0.15) is 78.1 Å². The lowest BCUT2D eigenvalue weighted by Gasteiger charge is -2.33. The van der Waals surface area contributed by atoms with Gasteiger partial charge < -0.3 is 89.8 Å². The molecule has 0 aromatic heterocycles. The number of nitro benzene ring substituents is 2. The second-order valence-electron chi connectivity index (χ2n) is 36.7. The smallest absolute Gasteiger partial charge is 0.456 e. The highest BCUT2D eigenvalue weighted by molar-refractivity contribution is 6.61. The van der Waals surface area contributed by atoms with E-state index in [0.29, 0.717) is 29.6 Å². The van der Waals surface area contributed by atoms with Crippen molar-refractivity contribution in [1.82, 2.24) is 51.5 Å². The van der Waals surface area contributed by atoms with E-state index in [2.05, 4.69) is 36.6 Å². The van der Waals surface area contributed by atoms with E-state index in [4.69, 9.17) is 40.0 Å². The fourth-order valence-corrected chi connectivity index (χ4v) is 14.9. The molecule has 10 amide bonds. The molecule has 0 radical (unpaired) electrons. The standard InChI is InChI=1S/C51H70N6O14.C44H67N5O10.C7H4ClNO4/c1-13-30(5)43-46(60)53-35(10)50(64)71-44(31(6)14-2)33(8)40(70-51(65)68-38-23-21-37(22-24-38)57(66)67)25-20-32(7)49(63)69-41(26-29(3)4)45(59)52-34(9)47(61)56(12)39(27-36-18-16-15-17-19-36)48(62)55(11)28-42(58)54-43;1-13-26(5)37-40(53)46-31(10)44(57)59-38(27(6)14-2)29(8)34(50)21-20-28(7)43(56)58-35(22-25(3)4)39(52)45-30(9)41(54)49(12)33(23-32-18-16-15-17-19-32)42(55)48(11)24-36(51)47-37;8-7(10)13-6-3-1-5(2-4-6)9(11)12/h14-24,29-30,33-35,39-41,43-44H,13,25-28H2,1-12H3,(H,52,59)(H,53,60)(H,54,58);14-20,25-26,29-31,33-35,37-38,50H,13,21-24H2,1-12H3,(H,45,52)(H,46,53)(H,47,51);1-4H/b31-14+,32-20+;27-14+,28-20+;/t30?,33-,34-,35+,39+,40-,41+,43-,44+;26?,29-,30-,31+,33+,34-,35+,37-,38+;/m00./s1. The first-order valence-electron chi connectivity index (χ1n) is 47.4. The van der Waals surface area contributed by atoms with Crippen molar-refractivity contribution in [3.63, 3.8) is 0 Å². The summed E-state index contributed by atoms with van der Waals surface area (Å²) in [6, 6.07) is 18.3. The Morgan fingerprint density at radius 1 is 0.483 bits per heavy atom. The Kier molecular flexibility index (Phi) is 50.3. The minimum absolute atomic E-state index is 0.00312. The van der Waals surface area contributed by atoms with Crippen LogP contribution >= 0.6 is 11.6 Å². The Morgan fingerprint density at radius 2 is 0.825 bits per heavy atom. The minimum atomic E-state index is -1.37. The zero-order valence-electron chi connectivity index (χ0n) is 85.9. The number of cyclic esters (lactones) is 4. The Balaban J connectivity index is 0.000000534. The first-order chi connectivity index (χ1) is 67.1. The van der Waals surface area contributed by atoms with Crippen LogP contribution in [-0.2, 0) is 104 Å². The van der Waals surface area contributed by atoms with Crippen molar-refractivity contribution in [1.29, 1.82) is 0 Å². The fraction of sp³-hybridized carbons (Fsp3) is 0.529. The second-order valence-corrected chi connectivity index (χ2v) is 37.0. The van der Waals surface area contributed by atoms with E-state index in [-0.39, 0.29) is 90.3 Å². The molecule has 40 nitrogen and oxygen atoms in total. The zero-order chi connectivity index (χ0) is 108. The van der Waals surface area contributed by atoms with E-state index in [1.807, 2.05) is 47.6 Å². The lowest BCUT2D eigenvalue weighted by molar-refractivity contribution is -0.385. The van der Waals surface area contributed by atoms with Gasteiger partial charge in [-0.1, -0.05) is 167 Å². The van der Waals surface area contributed by atoms with E-state index >= 15 is 0 Å². The van der Waals surface area contributed by atoms with E-state index in [0.717, 1.165) is 22.6 Å². The number of halogens is 1. The van der Waals surface area contributed by atoms with Crippen molar-refractivity contribution in [2.45, 2.75) is 275 Å². The van der Waals surface area contributed by atoms with Crippen LogP contribution in [-0.4, -0.2) is 255 Å². The number of rotatable bonds is 19. The Labute approximate surface area is 839 Å². The maximum Gasteiger partial charge on any atom is 0.514 e. The molecule has 0 saturated heterocycles. The van der Waals surface area contributed by atoms with Crippen molar-refractivity contribution < 1.29 is 125 Å². The van der Waals surface area contributed by atoms with Crippen LogP contribution in [0.1, 0.15) is 188 Å². The Hall–Kier alpha value is -13.8. The molecule has 2 heterocycles. The average Bonchev–Trinajstić information content (AvgIpc) is 0.836. The largest absolute Gasteiger partial charge is 0.514 e. The number of hydrogen-bond acceptors (Lipinski definition) is 28. The summed E-state index contributed by atoms with van der Waals surface area (Å²) in [4.78, 5) is 242. The van der Waals surface area contributed by atoms with Gasteiger partial charge in [-0.25, -0.2) is 28.8 Å². The van der Waals surface area contributed by atoms with Gasteiger partial charge in [-0.15, -0.1) is 0 Å². The summed E-state index contributed by atoms with van der Waals surface area (Å²) in [7, 11) is 5.64. The first kappa shape index (κ1) is 122. The van der Waals surface area contributed by atoms with Crippen LogP contribution in [0.2, 0.25) is 0 Å². The van der Waals surface area contributed by atoms with Crippen LogP contribution < -0.4 is 41.4 Å². The van der Waals surface area contributed by atoms with E-state index in [9.17, 15) is 102 Å². The number of nitrogens with one attached hydrogen (secondary N) is 6. The van der Waals surface area contributed by atoms with Gasteiger partial charge in [-0.3, -0.25) is 68.2 Å². The first-order valence-corrected chi connectivity index (χ1v) is 47.7. The van der Waals surface area contributed by atoms with Crippen LogP contribution in [0.25, 0.3) is 0 Å². The minimum Gasteiger partial charge on any atom is -0.456 e. The summed E-state index contributed by atoms with van der Waals surface area (Å²) < 4.78 is 38.9. The predicted octanol–water partition coefficient (Wildman–Crippen LogP) is 10.9. The van der Waals surface area contributed by atoms with Crippen molar-refractivity contribution in [3.05, 3.63) is 187 Å². The molecular formula is C102H141ClN12O28. The number of aliphatic hydroxyl groups excluding tert-OH is 1. The third kappa shape index (κ3) is 39.2. The molecular weight excluding hydrogens is 1880 g/mol. The van der Waals surface area contributed by atoms with Crippen LogP contribution in [0.4, 0.5) is 21.0 Å². The van der Waals surface area contributed by atoms with Crippen LogP contribution in [0.3, 0.4) is 0 Å². The third-order valence-corrected chi connectivity index (χ3v) is 24.4. The number of non-ortho nitro benzene ring substituents is 2. The molecule has 0 spiro atoms. The molecule has 143 heavy (non-hydrogen) atoms. The number of nitrogens with zero attached hydrogens (tertiary/aromatic N) is 6. The quantitative estimate of drug-likeness (QED) is 0.00872. The van der Waals surface area contributed by atoms with Crippen molar-refractivity contribution in [2.24, 2.45) is 35.5 Å². The topological polar surface area (TPSA) is 529 Å². The van der Waals surface area contributed by atoms with E-state index in [1.165, 1.54) is 133 Å². The number of amides is 10. The van der Waals surface area contributed by atoms with Crippen molar-refractivity contribution in [2.75, 3.05) is 41.3 Å². The SMILES string of the molecule is C/C=C(\C)[C@H]1OC(=O)[C@@H](C)NC(=O)[C@H](C(C)CC)NC(=O)CN(C)C(=O)[C@@H](Cc2ccccc2)N(C)C(=O)[C@H](C)NC(=O)[C@@H](CC(C)C)OC(=O)/C(C)=C/C[C@H](O)[C@@H]1C.C/C=C(\C)[C@H]1OC(=O)[C@@H](C)NC(=O)[C@H](C(C)CC)NC(=O)CN(C)C(=O)[C@@H](Cc2ccccc2)N(C)C(=O)[C@H](C)NC(=O)[C@@H](CC(C)C)OC(=O)/C(C)=C/C[C@H](OC(=O)Oc2ccc([N+](=O)[O-])cc2)[C@@H]1C.O=C(Cl)Oc1ccc([N+](=O)[O-])cc1. The van der Waals surface area contributed by atoms with Crippen LogP contribution in [0.5, 0.6) is 11.5 Å². The van der Waals surface area contributed by atoms with E-state index in [1.54, 1.807) is 122 Å². The maximum absolute atomic E-state index is 14.3. The maximum atomic E-state index is 14.3. The fourth-order valence-electron chi connectivity index (χ4n) is 14.8. The molecule has 0 saturated carbocycles. The molecule has 4 aromatic carbocycles. The Bertz CT molecular complexity index is 5190. The molecule has 2 unspecified atom stereocenters. The number of nitro groups is 2. The number of carbonyl (C=O) groups is 16. The van der Waals surface area contributed by atoms with Crippen molar-refractivity contribution in [3.8, 4) is 11.5 Å². The molecule has 784 valence electrons. The summed E-state index contributed by atoms with van der Waals surface area (Å²) in [5, 5.41) is 48.7. The van der Waals surface area contributed by atoms with E-state index < -0.39 is 220 Å². The van der Waals surface area contributed by atoms with Gasteiger partial charge >= 0.3 is 35.5 Å². The predicted molar refractivity (Wildman–Crippen MR) is 529 cm³/mol. The molecule has 0 aliphatic carbocycles. The monoisotopic (exact) mass is 2020 g/mol. The van der Waals surface area contributed by atoms with Gasteiger partial charge in [0.2, 0.25) is 47.3 Å². The summed E-state index contributed by atoms with van der Waals surface area (Å²) in [5.74, 6) is -12.5. The lowest BCUT2D eigenvalue weighted by atomic mass is 9.90. The number of benzene rings is 4. The molecule has 41 heteroatoms. The molecule has 2 aliphatic heterocycles. The van der Waals surface area contributed by atoms with Gasteiger partial charge in [-0.05, 0) is 159 Å². The number of hydrogen-bond donors (Lipinski definition) is 7. The molecule has 7 N–H and O–H groups in total. The van der Waals surface area contributed by atoms with Gasteiger partial charge in [0, 0.05) is 106 Å². The zero-order valence-corrected chi connectivity index (χ0v) is 86.6. The van der Waals surface area contributed by atoms with Crippen LogP contribution in [0, 0.1) is 55.7 Å².